The summed E-state index contributed by atoms with van der Waals surface area (Å²) >= 11 is 0. The zero-order chi connectivity index (χ0) is 12.9. The molecule has 0 aromatic carbocycles. The van der Waals surface area contributed by atoms with E-state index in [1.807, 2.05) is 0 Å². The smallest absolute Gasteiger partial charge is 0.329 e. The van der Waals surface area contributed by atoms with Crippen LogP contribution in [0.25, 0.3) is 0 Å². The topological polar surface area (TPSA) is 108 Å². The second kappa shape index (κ2) is 5.51. The molecule has 0 unspecified atom stereocenters. The van der Waals surface area contributed by atoms with Gasteiger partial charge in [-0.2, -0.15) is 0 Å². The van der Waals surface area contributed by atoms with Crippen LogP contribution in [0, 0.1) is 0 Å². The first-order valence-corrected chi connectivity index (χ1v) is 5.50. The molecule has 0 atom stereocenters. The predicted octanol–water partition coefficient (Wildman–Crippen LogP) is -0.571. The molecular formula is C10H17N3O4. The van der Waals surface area contributed by atoms with Gasteiger partial charge >= 0.3 is 12.0 Å². The lowest BCUT2D eigenvalue weighted by Gasteiger charge is -2.38. The van der Waals surface area contributed by atoms with E-state index in [1.54, 1.807) is 0 Å². The normalized spacial score (nSPS) is 16.5. The Kier molecular flexibility index (Phi) is 4.30. The molecule has 0 saturated heterocycles. The number of carbonyl (C=O) groups is 3. The molecule has 0 bridgehead atoms. The highest BCUT2D eigenvalue weighted by Gasteiger charge is 2.45. The number of carboxylic acid groups (broad SMARTS) is 1. The van der Waals surface area contributed by atoms with E-state index in [2.05, 4.69) is 16.0 Å². The van der Waals surface area contributed by atoms with Crippen molar-refractivity contribution in [2.24, 2.45) is 0 Å². The van der Waals surface area contributed by atoms with Crippen molar-refractivity contribution >= 4 is 17.9 Å². The zero-order valence-corrected chi connectivity index (χ0v) is 9.71. The maximum atomic E-state index is 11.4. The van der Waals surface area contributed by atoms with Gasteiger partial charge in [-0.3, -0.25) is 4.79 Å². The average molecular weight is 243 g/mol. The molecule has 0 spiro atoms. The van der Waals surface area contributed by atoms with E-state index in [4.69, 9.17) is 5.11 Å². The van der Waals surface area contributed by atoms with Gasteiger partial charge in [0.1, 0.15) is 5.54 Å². The summed E-state index contributed by atoms with van der Waals surface area (Å²) in [5.74, 6) is -1.17. The number of aliphatic carboxylic acids is 1. The SMILES string of the molecule is CC(=O)NCCNC(=O)NC1(C(=O)O)CCC1. The number of rotatable bonds is 5. The maximum Gasteiger partial charge on any atom is 0.329 e. The standard InChI is InChI=1S/C10H17N3O4/c1-7(14)11-5-6-12-9(17)13-10(8(15)16)3-2-4-10/h2-6H2,1H3,(H,11,14)(H,15,16)(H2,12,13,17). The minimum atomic E-state index is -1.10. The van der Waals surface area contributed by atoms with Gasteiger partial charge in [-0.1, -0.05) is 0 Å². The molecular weight excluding hydrogens is 226 g/mol. The molecule has 0 aromatic rings. The minimum absolute atomic E-state index is 0.173. The van der Waals surface area contributed by atoms with Crippen LogP contribution in [-0.4, -0.2) is 41.6 Å². The molecule has 0 radical (unpaired) electrons. The summed E-state index contributed by atoms with van der Waals surface area (Å²) in [6.07, 6.45) is 1.72. The molecule has 1 saturated carbocycles. The summed E-state index contributed by atoms with van der Waals surface area (Å²) in [5, 5.41) is 16.4. The van der Waals surface area contributed by atoms with Crippen LogP contribution in [0.5, 0.6) is 0 Å². The maximum absolute atomic E-state index is 11.4. The number of carboxylic acids is 1. The van der Waals surface area contributed by atoms with Crippen molar-refractivity contribution in [3.63, 3.8) is 0 Å². The van der Waals surface area contributed by atoms with Crippen molar-refractivity contribution in [2.45, 2.75) is 31.7 Å². The lowest BCUT2D eigenvalue weighted by molar-refractivity contribution is -0.148. The van der Waals surface area contributed by atoms with Gasteiger partial charge in [0.15, 0.2) is 0 Å². The molecule has 4 N–H and O–H groups in total. The molecule has 17 heavy (non-hydrogen) atoms. The number of carbonyl (C=O) groups excluding carboxylic acids is 2. The van der Waals surface area contributed by atoms with E-state index < -0.39 is 17.5 Å². The van der Waals surface area contributed by atoms with Crippen molar-refractivity contribution in [1.82, 2.24) is 16.0 Å². The Bertz CT molecular complexity index is 326. The molecule has 7 heteroatoms. The van der Waals surface area contributed by atoms with Crippen LogP contribution < -0.4 is 16.0 Å². The molecule has 1 fully saturated rings. The monoisotopic (exact) mass is 243 g/mol. The fourth-order valence-electron chi connectivity index (χ4n) is 1.60. The highest BCUT2D eigenvalue weighted by Crippen LogP contribution is 2.31. The van der Waals surface area contributed by atoms with E-state index in [-0.39, 0.29) is 12.5 Å². The third-order valence-electron chi connectivity index (χ3n) is 2.75. The second-order valence-electron chi connectivity index (χ2n) is 4.10. The van der Waals surface area contributed by atoms with E-state index in [9.17, 15) is 14.4 Å². The molecule has 7 nitrogen and oxygen atoms in total. The lowest BCUT2D eigenvalue weighted by atomic mass is 9.77. The molecule has 1 aliphatic carbocycles. The Morgan fingerprint density at radius 2 is 1.76 bits per heavy atom. The summed E-state index contributed by atoms with van der Waals surface area (Å²) in [6, 6.07) is -0.516. The molecule has 1 aliphatic rings. The number of nitrogens with one attached hydrogen (secondary N) is 3. The second-order valence-corrected chi connectivity index (χ2v) is 4.10. The molecule has 96 valence electrons. The summed E-state index contributed by atoms with van der Waals surface area (Å²) in [7, 11) is 0. The zero-order valence-electron chi connectivity index (χ0n) is 9.71. The number of hydrogen-bond acceptors (Lipinski definition) is 3. The van der Waals surface area contributed by atoms with Crippen molar-refractivity contribution in [3.8, 4) is 0 Å². The van der Waals surface area contributed by atoms with Crippen LogP contribution in [0.1, 0.15) is 26.2 Å². The van der Waals surface area contributed by atoms with Crippen LogP contribution in [0.4, 0.5) is 4.79 Å². The van der Waals surface area contributed by atoms with E-state index >= 15 is 0 Å². The highest BCUT2D eigenvalue weighted by molar-refractivity contribution is 5.87. The summed E-state index contributed by atoms with van der Waals surface area (Å²) in [4.78, 5) is 32.9. The third-order valence-corrected chi connectivity index (χ3v) is 2.75. The molecule has 0 heterocycles. The van der Waals surface area contributed by atoms with Crippen LogP contribution in [-0.2, 0) is 9.59 Å². The van der Waals surface area contributed by atoms with Gasteiger partial charge in [-0.05, 0) is 19.3 Å². The number of amides is 3. The lowest BCUT2D eigenvalue weighted by Crippen LogP contribution is -2.61. The van der Waals surface area contributed by atoms with E-state index in [1.165, 1.54) is 6.92 Å². The van der Waals surface area contributed by atoms with Gasteiger partial charge in [0.25, 0.3) is 0 Å². The quantitative estimate of drug-likeness (QED) is 0.485. The molecule has 0 aromatic heterocycles. The average Bonchev–Trinajstić information content (AvgIpc) is 2.17. The van der Waals surface area contributed by atoms with Gasteiger partial charge in [-0.15, -0.1) is 0 Å². The Balaban J connectivity index is 2.25. The highest BCUT2D eigenvalue weighted by atomic mass is 16.4. The molecule has 3 amide bonds. The van der Waals surface area contributed by atoms with Crippen LogP contribution >= 0.6 is 0 Å². The Morgan fingerprint density at radius 1 is 1.18 bits per heavy atom. The van der Waals surface area contributed by atoms with Crippen molar-refractivity contribution in [2.75, 3.05) is 13.1 Å². The summed E-state index contributed by atoms with van der Waals surface area (Å²) in [5.41, 5.74) is -1.10. The Labute approximate surface area is 98.9 Å². The number of hydrogen-bond donors (Lipinski definition) is 4. The predicted molar refractivity (Wildman–Crippen MR) is 59.4 cm³/mol. The van der Waals surface area contributed by atoms with Crippen LogP contribution in [0.15, 0.2) is 0 Å². The largest absolute Gasteiger partial charge is 0.480 e. The fourth-order valence-corrected chi connectivity index (χ4v) is 1.60. The molecule has 0 aliphatic heterocycles. The van der Waals surface area contributed by atoms with Gasteiger partial charge in [-0.25, -0.2) is 9.59 Å². The van der Waals surface area contributed by atoms with Crippen molar-refractivity contribution in [3.05, 3.63) is 0 Å². The third kappa shape index (κ3) is 3.61. The van der Waals surface area contributed by atoms with Crippen molar-refractivity contribution < 1.29 is 19.5 Å². The van der Waals surface area contributed by atoms with Gasteiger partial charge in [0, 0.05) is 20.0 Å². The Morgan fingerprint density at radius 3 is 2.18 bits per heavy atom. The van der Waals surface area contributed by atoms with E-state index in [0.29, 0.717) is 19.4 Å². The number of urea groups is 1. The van der Waals surface area contributed by atoms with Gasteiger partial charge in [0.2, 0.25) is 5.91 Å². The van der Waals surface area contributed by atoms with Crippen LogP contribution in [0.3, 0.4) is 0 Å². The summed E-state index contributed by atoms with van der Waals surface area (Å²) in [6.45, 7) is 1.97. The Hall–Kier alpha value is -1.79. The van der Waals surface area contributed by atoms with Gasteiger partial charge < -0.3 is 21.1 Å². The first-order valence-electron chi connectivity index (χ1n) is 5.50. The summed E-state index contributed by atoms with van der Waals surface area (Å²) < 4.78 is 0. The first kappa shape index (κ1) is 13.3. The van der Waals surface area contributed by atoms with Crippen LogP contribution in [0.2, 0.25) is 0 Å². The van der Waals surface area contributed by atoms with Gasteiger partial charge in [0.05, 0.1) is 0 Å². The fraction of sp³-hybridized carbons (Fsp3) is 0.700. The minimum Gasteiger partial charge on any atom is -0.480 e. The molecule has 1 rings (SSSR count). The van der Waals surface area contributed by atoms with E-state index in [0.717, 1.165) is 6.42 Å². The first-order chi connectivity index (χ1) is 7.96. The van der Waals surface area contributed by atoms with Crippen molar-refractivity contribution in [1.29, 1.82) is 0 Å².